The molecule has 1 fully saturated rings. The summed E-state index contributed by atoms with van der Waals surface area (Å²) in [5.41, 5.74) is 4.76. The Hall–Kier alpha value is -2.73. The van der Waals surface area contributed by atoms with E-state index in [-0.39, 0.29) is 0 Å². The first-order valence-corrected chi connectivity index (χ1v) is 10.1. The largest absolute Gasteiger partial charge is 0.349 e. The number of tetrazole rings is 1. The molecule has 0 spiro atoms. The molecule has 6 heteroatoms. The quantitative estimate of drug-likeness (QED) is 0.709. The van der Waals surface area contributed by atoms with Crippen molar-refractivity contribution in [3.8, 4) is 5.69 Å². The van der Waals surface area contributed by atoms with Gasteiger partial charge in [0, 0.05) is 13.1 Å². The minimum absolute atomic E-state index is 0.648. The van der Waals surface area contributed by atoms with Gasteiger partial charge in [-0.3, -0.25) is 4.90 Å². The van der Waals surface area contributed by atoms with Crippen LogP contribution in [0.5, 0.6) is 0 Å². The van der Waals surface area contributed by atoms with Crippen molar-refractivity contribution < 1.29 is 0 Å². The van der Waals surface area contributed by atoms with Gasteiger partial charge in [-0.25, -0.2) is 0 Å². The van der Waals surface area contributed by atoms with Crippen molar-refractivity contribution in [2.75, 3.05) is 18.4 Å². The first-order chi connectivity index (χ1) is 13.7. The van der Waals surface area contributed by atoms with E-state index >= 15 is 0 Å². The molecule has 0 amide bonds. The number of hydrogen-bond acceptors (Lipinski definition) is 5. The molecule has 28 heavy (non-hydrogen) atoms. The lowest BCUT2D eigenvalue weighted by atomic mass is 9.99. The van der Waals surface area contributed by atoms with Crippen molar-refractivity contribution in [1.29, 1.82) is 0 Å². The zero-order chi connectivity index (χ0) is 19.3. The van der Waals surface area contributed by atoms with Crippen LogP contribution in [0.3, 0.4) is 0 Å². The van der Waals surface area contributed by atoms with Crippen molar-refractivity contribution in [3.63, 3.8) is 0 Å². The summed E-state index contributed by atoms with van der Waals surface area (Å²) in [5.74, 6) is 1.52. The van der Waals surface area contributed by atoms with Gasteiger partial charge in [0.25, 0.3) is 0 Å². The molecule has 4 rings (SSSR count). The van der Waals surface area contributed by atoms with Crippen LogP contribution in [0, 0.1) is 12.8 Å². The van der Waals surface area contributed by atoms with Crippen LogP contribution in [0.15, 0.2) is 48.5 Å². The SMILES string of the molecule is Cc1ccc(-n2nnnc2NCc2ccc(CN3CCC(C)CC3)cc2)cc1. The van der Waals surface area contributed by atoms with Crippen LogP contribution in [0.2, 0.25) is 0 Å². The molecular weight excluding hydrogens is 348 g/mol. The molecule has 146 valence electrons. The smallest absolute Gasteiger partial charge is 0.248 e. The summed E-state index contributed by atoms with van der Waals surface area (Å²) < 4.78 is 1.73. The third-order valence-corrected chi connectivity index (χ3v) is 5.50. The fraction of sp³-hybridized carbons (Fsp3) is 0.409. The molecule has 6 nitrogen and oxygen atoms in total. The van der Waals surface area contributed by atoms with E-state index < -0.39 is 0 Å². The predicted molar refractivity (Wildman–Crippen MR) is 111 cm³/mol. The molecule has 0 saturated carbocycles. The molecule has 1 aromatic heterocycles. The van der Waals surface area contributed by atoms with Gasteiger partial charge in [-0.05, 0) is 72.5 Å². The first kappa shape index (κ1) is 18.6. The van der Waals surface area contributed by atoms with Gasteiger partial charge in [0.05, 0.1) is 5.69 Å². The Labute approximate surface area is 166 Å². The number of nitrogens with one attached hydrogen (secondary N) is 1. The van der Waals surface area contributed by atoms with Crippen molar-refractivity contribution in [1.82, 2.24) is 25.1 Å². The summed E-state index contributed by atoms with van der Waals surface area (Å²) in [4.78, 5) is 2.56. The minimum atomic E-state index is 0.648. The molecule has 0 unspecified atom stereocenters. The van der Waals surface area contributed by atoms with E-state index in [1.807, 2.05) is 12.1 Å². The van der Waals surface area contributed by atoms with Crippen LogP contribution in [-0.4, -0.2) is 38.2 Å². The Morgan fingerprint density at radius 2 is 1.64 bits per heavy atom. The molecule has 0 bridgehead atoms. The molecule has 0 atom stereocenters. The molecule has 0 radical (unpaired) electrons. The van der Waals surface area contributed by atoms with Crippen LogP contribution < -0.4 is 5.32 Å². The van der Waals surface area contributed by atoms with Crippen LogP contribution in [-0.2, 0) is 13.1 Å². The molecule has 2 heterocycles. The lowest BCUT2D eigenvalue weighted by Gasteiger charge is -2.30. The highest BCUT2D eigenvalue weighted by molar-refractivity contribution is 5.40. The second-order valence-corrected chi connectivity index (χ2v) is 7.88. The third-order valence-electron chi connectivity index (χ3n) is 5.50. The summed E-state index contributed by atoms with van der Waals surface area (Å²) in [6.45, 7) is 8.59. The lowest BCUT2D eigenvalue weighted by Crippen LogP contribution is -2.32. The van der Waals surface area contributed by atoms with Gasteiger partial charge in [-0.2, -0.15) is 4.68 Å². The Kier molecular flexibility index (Phi) is 5.67. The van der Waals surface area contributed by atoms with Gasteiger partial charge in [0.1, 0.15) is 0 Å². The number of nitrogens with zero attached hydrogens (tertiary/aromatic N) is 5. The van der Waals surface area contributed by atoms with Crippen molar-refractivity contribution >= 4 is 5.95 Å². The third kappa shape index (κ3) is 4.57. The fourth-order valence-electron chi connectivity index (χ4n) is 3.58. The Morgan fingerprint density at radius 3 is 2.36 bits per heavy atom. The van der Waals surface area contributed by atoms with Crippen molar-refractivity contribution in [2.45, 2.75) is 39.8 Å². The van der Waals surface area contributed by atoms with E-state index in [1.165, 1.54) is 42.6 Å². The predicted octanol–water partition coefficient (Wildman–Crippen LogP) is 3.81. The van der Waals surface area contributed by atoms with E-state index in [0.29, 0.717) is 12.5 Å². The van der Waals surface area contributed by atoms with Crippen LogP contribution in [0.1, 0.15) is 36.5 Å². The number of anilines is 1. The summed E-state index contributed by atoms with van der Waals surface area (Å²) >= 11 is 0. The van der Waals surface area contributed by atoms with Gasteiger partial charge < -0.3 is 5.32 Å². The maximum atomic E-state index is 4.12. The van der Waals surface area contributed by atoms with E-state index in [1.54, 1.807) is 4.68 Å². The highest BCUT2D eigenvalue weighted by Gasteiger charge is 2.15. The van der Waals surface area contributed by atoms with Crippen molar-refractivity contribution in [2.24, 2.45) is 5.92 Å². The Balaban J connectivity index is 1.34. The monoisotopic (exact) mass is 376 g/mol. The number of aromatic nitrogens is 4. The highest BCUT2D eigenvalue weighted by Crippen LogP contribution is 2.19. The second-order valence-electron chi connectivity index (χ2n) is 7.88. The standard InChI is InChI=1S/C22H28N6/c1-17-3-9-21(10-4-17)28-22(24-25-26-28)23-15-19-5-7-20(8-6-19)16-27-13-11-18(2)12-14-27/h3-10,18H,11-16H2,1-2H3,(H,23,24,26). The second kappa shape index (κ2) is 8.52. The van der Waals surface area contributed by atoms with Gasteiger partial charge in [-0.15, -0.1) is 0 Å². The maximum Gasteiger partial charge on any atom is 0.248 e. The molecule has 1 aliphatic rings. The van der Waals surface area contributed by atoms with E-state index in [0.717, 1.165) is 18.2 Å². The number of rotatable bonds is 6. The van der Waals surface area contributed by atoms with Crippen LogP contribution in [0.25, 0.3) is 5.69 Å². The van der Waals surface area contributed by atoms with Gasteiger partial charge in [-0.1, -0.05) is 54.0 Å². The van der Waals surface area contributed by atoms with Crippen LogP contribution >= 0.6 is 0 Å². The average molecular weight is 377 g/mol. The summed E-state index contributed by atoms with van der Waals surface area (Å²) in [5, 5.41) is 15.4. The summed E-state index contributed by atoms with van der Waals surface area (Å²) in [6.07, 6.45) is 2.63. The topological polar surface area (TPSA) is 58.9 Å². The van der Waals surface area contributed by atoms with Crippen LogP contribution in [0.4, 0.5) is 5.95 Å². The zero-order valence-corrected chi connectivity index (χ0v) is 16.7. The summed E-state index contributed by atoms with van der Waals surface area (Å²) in [6, 6.07) is 17.0. The Bertz CT molecular complexity index is 876. The van der Waals surface area contributed by atoms with E-state index in [2.05, 4.69) is 76.0 Å². The molecule has 1 saturated heterocycles. The van der Waals surface area contributed by atoms with Gasteiger partial charge in [0.2, 0.25) is 5.95 Å². The molecular formula is C22H28N6. The lowest BCUT2D eigenvalue weighted by molar-refractivity contribution is 0.185. The van der Waals surface area contributed by atoms with Gasteiger partial charge >= 0.3 is 0 Å². The normalized spacial score (nSPS) is 15.6. The maximum absolute atomic E-state index is 4.12. The number of hydrogen-bond donors (Lipinski definition) is 1. The van der Waals surface area contributed by atoms with E-state index in [9.17, 15) is 0 Å². The summed E-state index contributed by atoms with van der Waals surface area (Å²) in [7, 11) is 0. The number of likely N-dealkylation sites (tertiary alicyclic amines) is 1. The zero-order valence-electron chi connectivity index (χ0n) is 16.7. The molecule has 3 aromatic rings. The number of benzene rings is 2. The van der Waals surface area contributed by atoms with Crippen molar-refractivity contribution in [3.05, 3.63) is 65.2 Å². The first-order valence-electron chi connectivity index (χ1n) is 10.1. The number of aryl methyl sites for hydroxylation is 1. The average Bonchev–Trinajstić information content (AvgIpc) is 3.18. The molecule has 1 N–H and O–H groups in total. The Morgan fingerprint density at radius 1 is 0.964 bits per heavy atom. The molecule has 0 aliphatic carbocycles. The fourth-order valence-corrected chi connectivity index (χ4v) is 3.58. The molecule has 2 aromatic carbocycles. The molecule has 1 aliphatic heterocycles. The highest BCUT2D eigenvalue weighted by atomic mass is 15.6. The number of piperidine rings is 1. The minimum Gasteiger partial charge on any atom is -0.349 e. The van der Waals surface area contributed by atoms with E-state index in [4.69, 9.17) is 0 Å². The van der Waals surface area contributed by atoms with Gasteiger partial charge in [0.15, 0.2) is 0 Å².